The van der Waals surface area contributed by atoms with Crippen molar-refractivity contribution in [2.75, 3.05) is 5.32 Å². The monoisotopic (exact) mass is 353 g/mol. The molecule has 26 heavy (non-hydrogen) atoms. The highest BCUT2D eigenvalue weighted by atomic mass is 16.6. The van der Waals surface area contributed by atoms with E-state index in [4.69, 9.17) is 0 Å². The molecule has 0 bridgehead atoms. The summed E-state index contributed by atoms with van der Waals surface area (Å²) in [5, 5.41) is 35.4. The SMILES string of the molecule is O=C(Nc1ccc(O)c2ccccc12)c1ccc([N+](=O)[O-])cc1[N+](=O)[O-]. The molecular weight excluding hydrogens is 342 g/mol. The summed E-state index contributed by atoms with van der Waals surface area (Å²) in [4.78, 5) is 32.8. The first-order valence-electron chi connectivity index (χ1n) is 7.33. The molecule has 0 saturated heterocycles. The Morgan fingerprint density at radius 3 is 2.27 bits per heavy atom. The molecule has 1 amide bonds. The van der Waals surface area contributed by atoms with E-state index in [1.54, 1.807) is 24.3 Å². The smallest absolute Gasteiger partial charge is 0.289 e. The number of nitrogens with one attached hydrogen (secondary N) is 1. The van der Waals surface area contributed by atoms with Gasteiger partial charge in [-0.25, -0.2) is 0 Å². The fourth-order valence-electron chi connectivity index (χ4n) is 2.56. The van der Waals surface area contributed by atoms with E-state index in [-0.39, 0.29) is 11.3 Å². The highest BCUT2D eigenvalue weighted by molar-refractivity contribution is 6.11. The number of amides is 1. The van der Waals surface area contributed by atoms with Crippen LogP contribution < -0.4 is 5.32 Å². The zero-order valence-corrected chi connectivity index (χ0v) is 13.1. The van der Waals surface area contributed by atoms with Gasteiger partial charge < -0.3 is 10.4 Å². The summed E-state index contributed by atoms with van der Waals surface area (Å²) < 4.78 is 0. The summed E-state index contributed by atoms with van der Waals surface area (Å²) in [6.45, 7) is 0. The van der Waals surface area contributed by atoms with Gasteiger partial charge in [-0.2, -0.15) is 0 Å². The lowest BCUT2D eigenvalue weighted by atomic mass is 10.1. The Morgan fingerprint density at radius 1 is 0.923 bits per heavy atom. The predicted molar refractivity (Wildman–Crippen MR) is 93.3 cm³/mol. The molecule has 2 N–H and O–H groups in total. The molecule has 9 heteroatoms. The number of phenolic OH excluding ortho intramolecular Hbond substituents is 1. The van der Waals surface area contributed by atoms with Gasteiger partial charge in [0.1, 0.15) is 11.3 Å². The Balaban J connectivity index is 2.03. The van der Waals surface area contributed by atoms with Crippen molar-refractivity contribution in [3.8, 4) is 5.75 Å². The molecule has 0 heterocycles. The molecule has 0 spiro atoms. The number of nitro groups is 2. The van der Waals surface area contributed by atoms with Gasteiger partial charge in [0.25, 0.3) is 17.3 Å². The number of nitro benzene ring substituents is 2. The number of benzene rings is 3. The van der Waals surface area contributed by atoms with Crippen LogP contribution in [0.25, 0.3) is 10.8 Å². The molecule has 0 saturated carbocycles. The van der Waals surface area contributed by atoms with E-state index in [1.807, 2.05) is 0 Å². The average Bonchev–Trinajstić information content (AvgIpc) is 2.63. The number of rotatable bonds is 4. The van der Waals surface area contributed by atoms with E-state index in [2.05, 4.69) is 5.32 Å². The Morgan fingerprint density at radius 2 is 1.62 bits per heavy atom. The van der Waals surface area contributed by atoms with Crippen LogP contribution in [0.3, 0.4) is 0 Å². The second-order valence-electron chi connectivity index (χ2n) is 5.35. The zero-order chi connectivity index (χ0) is 18.8. The lowest BCUT2D eigenvalue weighted by Gasteiger charge is -2.10. The summed E-state index contributed by atoms with van der Waals surface area (Å²) in [6.07, 6.45) is 0. The maximum atomic E-state index is 12.5. The molecule has 0 aliphatic rings. The number of hydrogen-bond donors (Lipinski definition) is 2. The summed E-state index contributed by atoms with van der Waals surface area (Å²) in [5.74, 6) is -0.762. The minimum Gasteiger partial charge on any atom is -0.507 e. The number of carbonyl (C=O) groups excluding carboxylic acids is 1. The molecule has 0 atom stereocenters. The third kappa shape index (κ3) is 3.00. The van der Waals surface area contributed by atoms with Gasteiger partial charge in [-0.3, -0.25) is 25.0 Å². The maximum Gasteiger partial charge on any atom is 0.289 e. The summed E-state index contributed by atoms with van der Waals surface area (Å²) in [6, 6.07) is 12.4. The van der Waals surface area contributed by atoms with Gasteiger partial charge in [-0.1, -0.05) is 24.3 Å². The topological polar surface area (TPSA) is 136 Å². The number of hydrogen-bond acceptors (Lipinski definition) is 6. The van der Waals surface area contributed by atoms with Gasteiger partial charge in [-0.05, 0) is 18.2 Å². The molecular formula is C17H11N3O6. The number of phenols is 1. The van der Waals surface area contributed by atoms with E-state index in [1.165, 1.54) is 12.1 Å². The quantitative estimate of drug-likeness (QED) is 0.418. The van der Waals surface area contributed by atoms with Crippen LogP contribution in [0.2, 0.25) is 0 Å². The second kappa shape index (κ2) is 6.48. The zero-order valence-electron chi connectivity index (χ0n) is 13.1. The third-order valence-electron chi connectivity index (χ3n) is 3.78. The van der Waals surface area contributed by atoms with Crippen molar-refractivity contribution < 1.29 is 19.7 Å². The lowest BCUT2D eigenvalue weighted by molar-refractivity contribution is -0.394. The standard InChI is InChI=1S/C17H11N3O6/c21-16-8-7-14(11-3-1-2-4-12(11)16)18-17(22)13-6-5-10(19(23)24)9-15(13)20(25)26/h1-9,21H,(H,18,22). The first-order valence-corrected chi connectivity index (χ1v) is 7.33. The van der Waals surface area contributed by atoms with Gasteiger partial charge >= 0.3 is 0 Å². The molecule has 3 aromatic carbocycles. The van der Waals surface area contributed by atoms with Gasteiger partial charge in [-0.15, -0.1) is 0 Å². The van der Waals surface area contributed by atoms with Crippen LogP contribution in [-0.4, -0.2) is 20.9 Å². The summed E-state index contributed by atoms with van der Waals surface area (Å²) in [7, 11) is 0. The fourth-order valence-corrected chi connectivity index (χ4v) is 2.56. The number of carbonyl (C=O) groups is 1. The Kier molecular flexibility index (Phi) is 4.19. The van der Waals surface area contributed by atoms with E-state index in [0.717, 1.165) is 18.2 Å². The van der Waals surface area contributed by atoms with Crippen molar-refractivity contribution in [1.82, 2.24) is 0 Å². The minimum absolute atomic E-state index is 0.0277. The van der Waals surface area contributed by atoms with Crippen molar-refractivity contribution in [1.29, 1.82) is 0 Å². The van der Waals surface area contributed by atoms with Crippen molar-refractivity contribution in [2.45, 2.75) is 0 Å². The van der Waals surface area contributed by atoms with Gasteiger partial charge in [0.05, 0.1) is 15.9 Å². The van der Waals surface area contributed by atoms with Gasteiger partial charge in [0.2, 0.25) is 0 Å². The van der Waals surface area contributed by atoms with Crippen molar-refractivity contribution >= 4 is 33.7 Å². The van der Waals surface area contributed by atoms with Gasteiger partial charge in [0.15, 0.2) is 0 Å². The summed E-state index contributed by atoms with van der Waals surface area (Å²) in [5.41, 5.74) is -1.11. The van der Waals surface area contributed by atoms with Crippen LogP contribution >= 0.6 is 0 Å². The third-order valence-corrected chi connectivity index (χ3v) is 3.78. The van der Waals surface area contributed by atoms with Crippen LogP contribution in [0.4, 0.5) is 17.1 Å². The Labute approximate surface area is 145 Å². The van der Waals surface area contributed by atoms with Crippen LogP contribution in [0.5, 0.6) is 5.75 Å². The van der Waals surface area contributed by atoms with E-state index in [9.17, 15) is 30.1 Å². The molecule has 0 aromatic heterocycles. The highest BCUT2D eigenvalue weighted by Crippen LogP contribution is 2.32. The largest absolute Gasteiger partial charge is 0.507 e. The number of nitrogens with zero attached hydrogens (tertiary/aromatic N) is 2. The maximum absolute atomic E-state index is 12.5. The van der Waals surface area contributed by atoms with Crippen molar-refractivity contribution in [3.05, 3.63) is 80.4 Å². The molecule has 0 unspecified atom stereocenters. The Hall–Kier alpha value is -4.01. The first kappa shape index (κ1) is 16.8. The molecule has 0 fully saturated rings. The number of anilines is 1. The number of non-ortho nitro benzene ring substituents is 1. The average molecular weight is 353 g/mol. The molecule has 3 rings (SSSR count). The van der Waals surface area contributed by atoms with Gasteiger partial charge in [0, 0.05) is 22.5 Å². The summed E-state index contributed by atoms with van der Waals surface area (Å²) >= 11 is 0. The molecule has 3 aromatic rings. The fraction of sp³-hybridized carbons (Fsp3) is 0. The molecule has 0 radical (unpaired) electrons. The molecule has 9 nitrogen and oxygen atoms in total. The van der Waals surface area contributed by atoms with Crippen LogP contribution in [0.15, 0.2) is 54.6 Å². The van der Waals surface area contributed by atoms with E-state index >= 15 is 0 Å². The van der Waals surface area contributed by atoms with Crippen LogP contribution in [-0.2, 0) is 0 Å². The van der Waals surface area contributed by atoms with E-state index in [0.29, 0.717) is 16.5 Å². The first-order chi connectivity index (χ1) is 12.4. The number of fused-ring (bicyclic) bond motifs is 1. The molecule has 0 aliphatic carbocycles. The number of aromatic hydroxyl groups is 1. The Bertz CT molecular complexity index is 1060. The lowest BCUT2D eigenvalue weighted by Crippen LogP contribution is -2.14. The predicted octanol–water partition coefficient (Wildman–Crippen LogP) is 3.61. The normalized spacial score (nSPS) is 10.5. The van der Waals surface area contributed by atoms with Crippen LogP contribution in [0, 0.1) is 20.2 Å². The molecule has 130 valence electrons. The second-order valence-corrected chi connectivity index (χ2v) is 5.35. The van der Waals surface area contributed by atoms with Crippen molar-refractivity contribution in [2.24, 2.45) is 0 Å². The van der Waals surface area contributed by atoms with Crippen LogP contribution in [0.1, 0.15) is 10.4 Å². The van der Waals surface area contributed by atoms with E-state index < -0.39 is 27.1 Å². The minimum atomic E-state index is -0.850. The van der Waals surface area contributed by atoms with Crippen molar-refractivity contribution in [3.63, 3.8) is 0 Å². The molecule has 0 aliphatic heterocycles. The highest BCUT2D eigenvalue weighted by Gasteiger charge is 2.24.